The van der Waals surface area contributed by atoms with Gasteiger partial charge in [0.25, 0.3) is 0 Å². The van der Waals surface area contributed by atoms with Crippen LogP contribution in [0.4, 0.5) is 0 Å². The number of benzene rings is 1. The first-order chi connectivity index (χ1) is 11.8. The van der Waals surface area contributed by atoms with Crippen LogP contribution in [0.15, 0.2) is 36.5 Å². The number of para-hydroxylation sites is 1. The van der Waals surface area contributed by atoms with Crippen molar-refractivity contribution in [2.45, 2.75) is 45.1 Å². The number of aromatic nitrogens is 2. The van der Waals surface area contributed by atoms with E-state index in [1.54, 1.807) is 10.9 Å². The third-order valence-corrected chi connectivity index (χ3v) is 4.17. The number of hydrogen-bond donors (Lipinski definition) is 1. The van der Waals surface area contributed by atoms with Crippen LogP contribution in [-0.2, 0) is 14.9 Å². The van der Waals surface area contributed by atoms with Gasteiger partial charge in [-0.3, -0.25) is 4.79 Å². The number of carbonyl (C=O) groups is 2. The Labute approximate surface area is 147 Å². The van der Waals surface area contributed by atoms with Gasteiger partial charge in [-0.1, -0.05) is 39.0 Å². The zero-order valence-corrected chi connectivity index (χ0v) is 14.8. The number of rotatable bonds is 4. The van der Waals surface area contributed by atoms with Crippen molar-refractivity contribution < 1.29 is 14.3 Å². The van der Waals surface area contributed by atoms with Gasteiger partial charge in [-0.25, -0.2) is 9.48 Å². The Balaban J connectivity index is 1.82. The molecule has 1 aliphatic heterocycles. The van der Waals surface area contributed by atoms with Crippen LogP contribution in [-0.4, -0.2) is 34.3 Å². The molecule has 6 nitrogen and oxygen atoms in total. The van der Waals surface area contributed by atoms with Crippen molar-refractivity contribution in [2.24, 2.45) is 0 Å². The Morgan fingerprint density at radius 1 is 1.32 bits per heavy atom. The Morgan fingerprint density at radius 2 is 2.04 bits per heavy atom. The average Bonchev–Trinajstić information content (AvgIpc) is 3.19. The zero-order valence-electron chi connectivity index (χ0n) is 14.8. The smallest absolute Gasteiger partial charge is 0.341 e. The van der Waals surface area contributed by atoms with Crippen LogP contribution in [0, 0.1) is 0 Å². The van der Waals surface area contributed by atoms with Gasteiger partial charge in [-0.15, -0.1) is 0 Å². The zero-order chi connectivity index (χ0) is 18.0. The van der Waals surface area contributed by atoms with E-state index < -0.39 is 5.97 Å². The predicted molar refractivity (Wildman–Crippen MR) is 93.7 cm³/mol. The van der Waals surface area contributed by atoms with Crippen LogP contribution in [0.5, 0.6) is 0 Å². The summed E-state index contributed by atoms with van der Waals surface area (Å²) in [4.78, 5) is 23.9. The fraction of sp³-hybridized carbons (Fsp3) is 0.421. The number of esters is 1. The fourth-order valence-corrected chi connectivity index (χ4v) is 2.85. The SMILES string of the molecule is CC(C)(C)c1nn(-c2ccccc2)cc1C(=O)OC[C@@H]1CCC(=O)N1. The Kier molecular flexibility index (Phi) is 4.61. The van der Waals surface area contributed by atoms with Crippen molar-refractivity contribution in [1.82, 2.24) is 15.1 Å². The maximum atomic E-state index is 12.6. The summed E-state index contributed by atoms with van der Waals surface area (Å²) in [5, 5.41) is 7.41. The highest BCUT2D eigenvalue weighted by Gasteiger charge is 2.29. The second-order valence-corrected chi connectivity index (χ2v) is 7.32. The van der Waals surface area contributed by atoms with Gasteiger partial charge in [0.15, 0.2) is 0 Å². The van der Waals surface area contributed by atoms with E-state index in [9.17, 15) is 9.59 Å². The van der Waals surface area contributed by atoms with Crippen LogP contribution in [0.25, 0.3) is 5.69 Å². The minimum absolute atomic E-state index is 0.00771. The third kappa shape index (κ3) is 3.90. The van der Waals surface area contributed by atoms with E-state index in [1.807, 2.05) is 51.1 Å². The molecule has 1 amide bonds. The molecule has 1 fully saturated rings. The molecule has 2 aromatic rings. The molecule has 6 heteroatoms. The lowest BCUT2D eigenvalue weighted by atomic mass is 9.89. The molecule has 1 aromatic heterocycles. The number of nitrogens with one attached hydrogen (secondary N) is 1. The molecule has 0 radical (unpaired) electrons. The molecule has 0 saturated carbocycles. The Bertz CT molecular complexity index is 775. The molecule has 0 spiro atoms. The first-order valence-corrected chi connectivity index (χ1v) is 8.46. The fourth-order valence-electron chi connectivity index (χ4n) is 2.85. The minimum atomic E-state index is -0.409. The first-order valence-electron chi connectivity index (χ1n) is 8.46. The third-order valence-electron chi connectivity index (χ3n) is 4.17. The maximum Gasteiger partial charge on any atom is 0.341 e. The van der Waals surface area contributed by atoms with Crippen LogP contribution in [0.1, 0.15) is 49.7 Å². The number of ether oxygens (including phenoxy) is 1. The second kappa shape index (κ2) is 6.70. The van der Waals surface area contributed by atoms with E-state index in [2.05, 4.69) is 10.4 Å². The number of hydrogen-bond acceptors (Lipinski definition) is 4. The van der Waals surface area contributed by atoms with Gasteiger partial charge in [0.2, 0.25) is 5.91 Å². The highest BCUT2D eigenvalue weighted by atomic mass is 16.5. The molecule has 1 aromatic carbocycles. The van der Waals surface area contributed by atoms with Crippen molar-refractivity contribution in [3.05, 3.63) is 47.8 Å². The lowest BCUT2D eigenvalue weighted by Gasteiger charge is -2.17. The first kappa shape index (κ1) is 17.2. The minimum Gasteiger partial charge on any atom is -0.460 e. The summed E-state index contributed by atoms with van der Waals surface area (Å²) in [6, 6.07) is 9.55. The Morgan fingerprint density at radius 3 is 2.64 bits per heavy atom. The number of carbonyl (C=O) groups excluding carboxylic acids is 2. The molecule has 1 N–H and O–H groups in total. The molecule has 1 atom stereocenters. The Hall–Kier alpha value is -2.63. The highest BCUT2D eigenvalue weighted by Crippen LogP contribution is 2.26. The molecule has 0 bridgehead atoms. The molecule has 0 unspecified atom stereocenters. The van der Waals surface area contributed by atoms with E-state index in [4.69, 9.17) is 4.74 Å². The monoisotopic (exact) mass is 341 g/mol. The summed E-state index contributed by atoms with van der Waals surface area (Å²) in [6.07, 6.45) is 2.90. The van der Waals surface area contributed by atoms with Crippen LogP contribution < -0.4 is 5.32 Å². The van der Waals surface area contributed by atoms with Crippen molar-refractivity contribution >= 4 is 11.9 Å². The van der Waals surface area contributed by atoms with Crippen molar-refractivity contribution in [3.8, 4) is 5.69 Å². The lowest BCUT2D eigenvalue weighted by molar-refractivity contribution is -0.119. The number of amides is 1. The summed E-state index contributed by atoms with van der Waals surface area (Å²) in [5.41, 5.74) is 1.74. The molecular weight excluding hydrogens is 318 g/mol. The summed E-state index contributed by atoms with van der Waals surface area (Å²) in [5.74, 6) is -0.401. The van der Waals surface area contributed by atoms with Crippen LogP contribution >= 0.6 is 0 Å². The van der Waals surface area contributed by atoms with Gasteiger partial charge < -0.3 is 10.1 Å². The normalized spacial score (nSPS) is 17.4. The van der Waals surface area contributed by atoms with Gasteiger partial charge in [-0.05, 0) is 18.6 Å². The standard InChI is InChI=1S/C19H23N3O3/c1-19(2,3)17-15(11-22(21-17)14-7-5-4-6-8-14)18(24)25-12-13-9-10-16(23)20-13/h4-8,11,13H,9-10,12H2,1-3H3,(H,20,23)/t13-/m0/s1. The largest absolute Gasteiger partial charge is 0.460 e. The lowest BCUT2D eigenvalue weighted by Crippen LogP contribution is -2.31. The maximum absolute atomic E-state index is 12.6. The summed E-state index contributed by atoms with van der Waals surface area (Å²) in [6.45, 7) is 6.22. The van der Waals surface area contributed by atoms with Crippen molar-refractivity contribution in [1.29, 1.82) is 0 Å². The highest BCUT2D eigenvalue weighted by molar-refractivity contribution is 5.91. The topological polar surface area (TPSA) is 73.2 Å². The molecule has 1 saturated heterocycles. The van der Waals surface area contributed by atoms with Gasteiger partial charge in [-0.2, -0.15) is 5.10 Å². The second-order valence-electron chi connectivity index (χ2n) is 7.32. The number of nitrogens with zero attached hydrogens (tertiary/aromatic N) is 2. The van der Waals surface area contributed by atoms with Crippen molar-refractivity contribution in [3.63, 3.8) is 0 Å². The molecule has 1 aliphatic rings. The van der Waals surface area contributed by atoms with Gasteiger partial charge in [0, 0.05) is 18.0 Å². The van der Waals surface area contributed by atoms with E-state index in [0.29, 0.717) is 24.1 Å². The quantitative estimate of drug-likeness (QED) is 0.868. The van der Waals surface area contributed by atoms with Crippen LogP contribution in [0.2, 0.25) is 0 Å². The van der Waals surface area contributed by atoms with Crippen LogP contribution in [0.3, 0.4) is 0 Å². The van der Waals surface area contributed by atoms with E-state index in [0.717, 1.165) is 5.69 Å². The molecule has 0 aliphatic carbocycles. The van der Waals surface area contributed by atoms with E-state index in [-0.39, 0.29) is 24.0 Å². The van der Waals surface area contributed by atoms with Gasteiger partial charge >= 0.3 is 5.97 Å². The van der Waals surface area contributed by atoms with E-state index in [1.165, 1.54) is 0 Å². The van der Waals surface area contributed by atoms with Gasteiger partial charge in [0.05, 0.1) is 17.4 Å². The summed E-state index contributed by atoms with van der Waals surface area (Å²) < 4.78 is 7.14. The average molecular weight is 341 g/mol. The summed E-state index contributed by atoms with van der Waals surface area (Å²) >= 11 is 0. The molecule has 2 heterocycles. The molecule has 25 heavy (non-hydrogen) atoms. The summed E-state index contributed by atoms with van der Waals surface area (Å²) in [7, 11) is 0. The van der Waals surface area contributed by atoms with Gasteiger partial charge in [0.1, 0.15) is 12.2 Å². The molecular formula is C19H23N3O3. The van der Waals surface area contributed by atoms with E-state index >= 15 is 0 Å². The predicted octanol–water partition coefficient (Wildman–Crippen LogP) is 2.61. The molecule has 132 valence electrons. The van der Waals surface area contributed by atoms with Crippen molar-refractivity contribution in [2.75, 3.05) is 6.61 Å². The molecule has 3 rings (SSSR count).